The molecule has 1 N–H and O–H groups in total. The van der Waals surface area contributed by atoms with Crippen molar-refractivity contribution in [1.29, 1.82) is 0 Å². The molecule has 6 nitrogen and oxygen atoms in total. The zero-order valence-electron chi connectivity index (χ0n) is 15.6. The predicted molar refractivity (Wildman–Crippen MR) is 114 cm³/mol. The molecule has 1 fully saturated rings. The Morgan fingerprint density at radius 3 is 2.70 bits per heavy atom. The third-order valence-corrected chi connectivity index (χ3v) is 6.09. The monoisotopic (exact) mass is 463 g/mol. The van der Waals surface area contributed by atoms with Gasteiger partial charge in [0.2, 0.25) is 0 Å². The first kappa shape index (κ1) is 20.5. The van der Waals surface area contributed by atoms with Gasteiger partial charge in [0.1, 0.15) is 23.3 Å². The summed E-state index contributed by atoms with van der Waals surface area (Å²) in [4.78, 5) is 28.1. The van der Waals surface area contributed by atoms with Gasteiger partial charge in [-0.05, 0) is 35.7 Å². The highest BCUT2D eigenvalue weighted by atomic mass is 35.5. The Bertz CT molecular complexity index is 1140. The number of ketones is 1. The van der Waals surface area contributed by atoms with E-state index in [9.17, 15) is 14.7 Å². The van der Waals surface area contributed by atoms with E-state index in [1.165, 1.54) is 41.7 Å². The Morgan fingerprint density at radius 2 is 2.07 bits per heavy atom. The molecule has 1 saturated heterocycles. The maximum absolute atomic E-state index is 13.0. The zero-order chi connectivity index (χ0) is 21.4. The van der Waals surface area contributed by atoms with Crippen molar-refractivity contribution in [1.82, 2.24) is 4.90 Å². The lowest BCUT2D eigenvalue weighted by Gasteiger charge is -2.23. The number of Topliss-reactive ketones (excluding diaryl/α,β-unsaturated/α-hetero) is 1. The van der Waals surface area contributed by atoms with E-state index in [2.05, 4.69) is 0 Å². The number of furan rings is 1. The van der Waals surface area contributed by atoms with Crippen molar-refractivity contribution < 1.29 is 23.8 Å². The van der Waals surface area contributed by atoms with Crippen molar-refractivity contribution in [2.45, 2.75) is 12.6 Å². The molecule has 1 atom stereocenters. The van der Waals surface area contributed by atoms with Gasteiger partial charge in [0.25, 0.3) is 11.7 Å². The maximum atomic E-state index is 13.0. The minimum atomic E-state index is -0.912. The smallest absolute Gasteiger partial charge is 0.296 e. The van der Waals surface area contributed by atoms with Gasteiger partial charge < -0.3 is 19.2 Å². The zero-order valence-corrected chi connectivity index (χ0v) is 17.9. The molecule has 1 aliphatic heterocycles. The fraction of sp³-hybridized carbons (Fsp3) is 0.143. The minimum absolute atomic E-state index is 0.112. The Hall–Kier alpha value is -2.74. The molecule has 1 aromatic carbocycles. The highest BCUT2D eigenvalue weighted by Crippen LogP contribution is 2.44. The van der Waals surface area contributed by atoms with E-state index in [-0.39, 0.29) is 33.5 Å². The van der Waals surface area contributed by atoms with Crippen LogP contribution in [0.15, 0.2) is 58.0 Å². The summed E-state index contributed by atoms with van der Waals surface area (Å²) in [6, 6.07) is 8.99. The molecule has 0 radical (unpaired) electrons. The number of amides is 1. The molecule has 9 heteroatoms. The molecule has 2 aromatic heterocycles. The second kappa shape index (κ2) is 8.18. The lowest BCUT2D eigenvalue weighted by atomic mass is 9.98. The van der Waals surface area contributed by atoms with Crippen LogP contribution in [0.1, 0.15) is 22.2 Å². The lowest BCUT2D eigenvalue weighted by molar-refractivity contribution is -0.140. The summed E-state index contributed by atoms with van der Waals surface area (Å²) >= 11 is 13.7. The predicted octanol–water partition coefficient (Wildman–Crippen LogP) is 5.28. The van der Waals surface area contributed by atoms with Gasteiger partial charge in [0.15, 0.2) is 0 Å². The summed E-state index contributed by atoms with van der Waals surface area (Å²) in [5.74, 6) is -1.52. The van der Waals surface area contributed by atoms with Gasteiger partial charge in [0.05, 0.1) is 36.1 Å². The molecule has 0 saturated carbocycles. The SMILES string of the molecule is COc1c(Cl)cc(Cl)cc1/C(O)=C1/C(=O)C(=O)N(Cc2cccs2)C1c1ccco1. The number of rotatable bonds is 5. The number of thiophene rings is 1. The molecular weight excluding hydrogens is 449 g/mol. The molecule has 4 rings (SSSR count). The van der Waals surface area contributed by atoms with Crippen LogP contribution in [0.5, 0.6) is 5.75 Å². The number of halogens is 2. The first-order valence-corrected chi connectivity index (χ1v) is 10.4. The number of hydrogen-bond donors (Lipinski definition) is 1. The van der Waals surface area contributed by atoms with Crippen LogP contribution in [0.3, 0.4) is 0 Å². The van der Waals surface area contributed by atoms with Crippen molar-refractivity contribution in [3.05, 3.63) is 79.9 Å². The number of benzene rings is 1. The van der Waals surface area contributed by atoms with Gasteiger partial charge in [-0.3, -0.25) is 9.59 Å². The van der Waals surface area contributed by atoms with Crippen molar-refractivity contribution in [2.24, 2.45) is 0 Å². The summed E-state index contributed by atoms with van der Waals surface area (Å²) in [7, 11) is 1.38. The van der Waals surface area contributed by atoms with Gasteiger partial charge >= 0.3 is 0 Å². The number of nitrogens with zero attached hydrogens (tertiary/aromatic N) is 1. The number of carbonyl (C=O) groups is 2. The van der Waals surface area contributed by atoms with E-state index in [4.69, 9.17) is 32.4 Å². The lowest BCUT2D eigenvalue weighted by Crippen LogP contribution is -2.28. The van der Waals surface area contributed by atoms with Crippen LogP contribution >= 0.6 is 34.5 Å². The largest absolute Gasteiger partial charge is 0.507 e. The number of likely N-dealkylation sites (tertiary alicyclic amines) is 1. The third kappa shape index (κ3) is 3.49. The number of hydrogen-bond acceptors (Lipinski definition) is 6. The summed E-state index contributed by atoms with van der Waals surface area (Å²) in [5.41, 5.74) is -0.0104. The van der Waals surface area contributed by atoms with Gasteiger partial charge in [0, 0.05) is 9.90 Å². The molecule has 0 spiro atoms. The summed E-state index contributed by atoms with van der Waals surface area (Å²) < 4.78 is 10.8. The van der Waals surface area contributed by atoms with Crippen LogP contribution < -0.4 is 4.74 Å². The fourth-order valence-electron chi connectivity index (χ4n) is 3.44. The van der Waals surface area contributed by atoms with E-state index < -0.39 is 23.5 Å². The van der Waals surface area contributed by atoms with Crippen LogP contribution in [-0.4, -0.2) is 28.8 Å². The number of aliphatic hydroxyl groups excluding tert-OH is 1. The van der Waals surface area contributed by atoms with Crippen molar-refractivity contribution in [2.75, 3.05) is 7.11 Å². The molecule has 1 amide bonds. The van der Waals surface area contributed by atoms with Gasteiger partial charge in [-0.25, -0.2) is 0 Å². The van der Waals surface area contributed by atoms with E-state index in [1.807, 2.05) is 17.5 Å². The molecule has 0 bridgehead atoms. The topological polar surface area (TPSA) is 80.0 Å². The molecule has 0 aliphatic carbocycles. The summed E-state index contributed by atoms with van der Waals surface area (Å²) in [6.07, 6.45) is 1.44. The number of ether oxygens (including phenoxy) is 1. The average molecular weight is 464 g/mol. The number of aliphatic hydroxyl groups is 1. The molecule has 3 heterocycles. The van der Waals surface area contributed by atoms with E-state index in [0.717, 1.165) is 4.88 Å². The third-order valence-electron chi connectivity index (χ3n) is 4.73. The normalized spacial score (nSPS) is 18.2. The molecule has 1 unspecified atom stereocenters. The molecule has 30 heavy (non-hydrogen) atoms. The molecule has 154 valence electrons. The van der Waals surface area contributed by atoms with Crippen LogP contribution in [0.4, 0.5) is 0 Å². The van der Waals surface area contributed by atoms with E-state index in [1.54, 1.807) is 12.1 Å². The number of methoxy groups -OCH3 is 1. The minimum Gasteiger partial charge on any atom is -0.507 e. The van der Waals surface area contributed by atoms with Crippen LogP contribution in [0.25, 0.3) is 5.76 Å². The second-order valence-corrected chi connectivity index (χ2v) is 8.37. The maximum Gasteiger partial charge on any atom is 0.296 e. The highest BCUT2D eigenvalue weighted by Gasteiger charge is 2.47. The molecule has 3 aromatic rings. The fourth-order valence-corrected chi connectivity index (χ4v) is 4.72. The van der Waals surface area contributed by atoms with Gasteiger partial charge in [-0.1, -0.05) is 29.3 Å². The first-order valence-electron chi connectivity index (χ1n) is 8.80. The summed E-state index contributed by atoms with van der Waals surface area (Å²) in [5, 5.41) is 13.4. The number of carbonyl (C=O) groups excluding carboxylic acids is 2. The van der Waals surface area contributed by atoms with Crippen molar-refractivity contribution in [3.63, 3.8) is 0 Å². The Morgan fingerprint density at radius 1 is 1.27 bits per heavy atom. The van der Waals surface area contributed by atoms with E-state index >= 15 is 0 Å². The van der Waals surface area contributed by atoms with Gasteiger partial charge in [-0.2, -0.15) is 0 Å². The van der Waals surface area contributed by atoms with Crippen molar-refractivity contribution in [3.8, 4) is 5.75 Å². The molecular formula is C21H15Cl2NO5S. The van der Waals surface area contributed by atoms with Crippen LogP contribution in [0, 0.1) is 0 Å². The van der Waals surface area contributed by atoms with Gasteiger partial charge in [-0.15, -0.1) is 11.3 Å². The summed E-state index contributed by atoms with van der Waals surface area (Å²) in [6.45, 7) is 0.192. The Labute approximate surface area is 185 Å². The average Bonchev–Trinajstić information content (AvgIpc) is 3.46. The molecule has 1 aliphatic rings. The van der Waals surface area contributed by atoms with Crippen LogP contribution in [0.2, 0.25) is 10.0 Å². The Balaban J connectivity index is 1.91. The second-order valence-electron chi connectivity index (χ2n) is 6.49. The quantitative estimate of drug-likeness (QED) is 0.316. The van der Waals surface area contributed by atoms with Crippen LogP contribution in [-0.2, 0) is 16.1 Å². The standard InChI is InChI=1S/C21H15Cl2NO5S/c1-28-20-13(8-11(22)9-14(20)23)18(25)16-17(15-5-2-6-29-15)24(21(27)19(16)26)10-12-4-3-7-30-12/h2-9,17,25H,10H2,1H3/b18-16-. The first-order chi connectivity index (χ1) is 14.4. The van der Waals surface area contributed by atoms with E-state index in [0.29, 0.717) is 5.76 Å². The highest BCUT2D eigenvalue weighted by molar-refractivity contribution is 7.09. The van der Waals surface area contributed by atoms with Crippen molar-refractivity contribution >= 4 is 52.0 Å². The Kier molecular flexibility index (Phi) is 5.60.